The summed E-state index contributed by atoms with van der Waals surface area (Å²) in [4.78, 5) is 11.8. The van der Waals surface area contributed by atoms with Crippen LogP contribution in [0.4, 0.5) is 13.2 Å². The lowest BCUT2D eigenvalue weighted by Crippen LogP contribution is -2.29. The predicted octanol–water partition coefficient (Wildman–Crippen LogP) is 3.79. The highest BCUT2D eigenvalue weighted by Crippen LogP contribution is 2.29. The quantitative estimate of drug-likeness (QED) is 0.781. The number of carbonyl (C=O) groups excluding carboxylic acids is 1. The summed E-state index contributed by atoms with van der Waals surface area (Å²) in [6, 6.07) is 14.0. The Bertz CT molecular complexity index is 675. The van der Waals surface area contributed by atoms with E-state index in [0.29, 0.717) is 11.3 Å². The number of rotatable bonds is 7. The lowest BCUT2D eigenvalue weighted by molar-refractivity contribution is -0.137. The number of aliphatic hydroxyl groups is 1. The normalized spacial score (nSPS) is 12.6. The van der Waals surface area contributed by atoms with Crippen LogP contribution in [0.3, 0.4) is 0 Å². The molecule has 2 N–H and O–H groups in total. The summed E-state index contributed by atoms with van der Waals surface area (Å²) in [5.41, 5.74) is 0.667. The van der Waals surface area contributed by atoms with Gasteiger partial charge in [-0.15, -0.1) is 11.8 Å². The van der Waals surface area contributed by atoms with Crippen LogP contribution in [0.25, 0.3) is 0 Å². The Morgan fingerprint density at radius 3 is 2.32 bits per heavy atom. The first-order valence-corrected chi connectivity index (χ1v) is 8.75. The SMILES string of the molecule is O=C(CSCc1ccccc1)NCC(O)c1ccc(C(F)(F)F)cc1. The van der Waals surface area contributed by atoms with Crippen molar-refractivity contribution < 1.29 is 23.1 Å². The van der Waals surface area contributed by atoms with Gasteiger partial charge in [0.05, 0.1) is 17.4 Å². The third kappa shape index (κ3) is 6.43. The molecule has 0 aromatic heterocycles. The number of benzene rings is 2. The molecule has 1 amide bonds. The summed E-state index contributed by atoms with van der Waals surface area (Å²) in [7, 11) is 0. The van der Waals surface area contributed by atoms with Gasteiger partial charge in [-0.3, -0.25) is 4.79 Å². The van der Waals surface area contributed by atoms with Gasteiger partial charge in [0, 0.05) is 12.3 Å². The van der Waals surface area contributed by atoms with Gasteiger partial charge in [-0.25, -0.2) is 0 Å². The highest BCUT2D eigenvalue weighted by atomic mass is 32.2. The predicted molar refractivity (Wildman–Crippen MR) is 92.0 cm³/mol. The molecule has 1 atom stereocenters. The molecule has 1 unspecified atom stereocenters. The fraction of sp³-hybridized carbons (Fsp3) is 0.278. The number of alkyl halides is 3. The van der Waals surface area contributed by atoms with E-state index in [1.807, 2.05) is 30.3 Å². The Hall–Kier alpha value is -1.99. The summed E-state index contributed by atoms with van der Waals surface area (Å²) in [6.07, 6.45) is -5.46. The topological polar surface area (TPSA) is 49.3 Å². The highest BCUT2D eigenvalue weighted by Gasteiger charge is 2.30. The number of nitrogens with one attached hydrogen (secondary N) is 1. The van der Waals surface area contributed by atoms with Gasteiger partial charge in [0.2, 0.25) is 5.91 Å². The summed E-state index contributed by atoms with van der Waals surface area (Å²) in [5, 5.41) is 12.5. The molecule has 2 aromatic carbocycles. The number of hydrogen-bond donors (Lipinski definition) is 2. The Morgan fingerprint density at radius 1 is 1.08 bits per heavy atom. The van der Waals surface area contributed by atoms with Crippen molar-refractivity contribution in [2.24, 2.45) is 0 Å². The molecule has 0 aliphatic carbocycles. The first kappa shape index (κ1) is 19.3. The number of halogens is 3. The molecule has 0 fully saturated rings. The van der Waals surface area contributed by atoms with Gasteiger partial charge in [0.15, 0.2) is 0 Å². The Labute approximate surface area is 148 Å². The van der Waals surface area contributed by atoms with Crippen molar-refractivity contribution in [2.75, 3.05) is 12.3 Å². The number of thioether (sulfide) groups is 1. The zero-order valence-corrected chi connectivity index (χ0v) is 14.1. The first-order chi connectivity index (χ1) is 11.9. The molecular formula is C18H18F3NO2S. The van der Waals surface area contributed by atoms with Crippen molar-refractivity contribution >= 4 is 17.7 Å². The minimum atomic E-state index is -4.41. The van der Waals surface area contributed by atoms with Crippen LogP contribution in [0.15, 0.2) is 54.6 Å². The standard InChI is InChI=1S/C18H18F3NO2S/c19-18(20,21)15-8-6-14(7-9-15)16(23)10-22-17(24)12-25-11-13-4-2-1-3-5-13/h1-9,16,23H,10-12H2,(H,22,24). The number of hydrogen-bond acceptors (Lipinski definition) is 3. The molecule has 0 bridgehead atoms. The van der Waals surface area contributed by atoms with Crippen LogP contribution in [0, 0.1) is 0 Å². The zero-order valence-electron chi connectivity index (χ0n) is 13.3. The number of aliphatic hydroxyl groups excluding tert-OH is 1. The molecule has 0 saturated heterocycles. The molecule has 3 nitrogen and oxygen atoms in total. The van der Waals surface area contributed by atoms with E-state index < -0.39 is 17.8 Å². The fourth-order valence-electron chi connectivity index (χ4n) is 2.11. The van der Waals surface area contributed by atoms with Gasteiger partial charge in [-0.2, -0.15) is 13.2 Å². The lowest BCUT2D eigenvalue weighted by Gasteiger charge is -2.13. The van der Waals surface area contributed by atoms with E-state index >= 15 is 0 Å². The Balaban J connectivity index is 1.73. The van der Waals surface area contributed by atoms with Crippen molar-refractivity contribution in [1.82, 2.24) is 5.32 Å². The van der Waals surface area contributed by atoms with Crippen LogP contribution >= 0.6 is 11.8 Å². The Morgan fingerprint density at radius 2 is 1.72 bits per heavy atom. The van der Waals surface area contributed by atoms with E-state index in [4.69, 9.17) is 0 Å². The van der Waals surface area contributed by atoms with Crippen LogP contribution < -0.4 is 5.32 Å². The van der Waals surface area contributed by atoms with Crippen molar-refractivity contribution in [3.05, 3.63) is 71.3 Å². The second-order valence-corrected chi connectivity index (χ2v) is 6.40. The maximum Gasteiger partial charge on any atom is 0.416 e. The molecule has 7 heteroatoms. The second-order valence-electron chi connectivity index (χ2n) is 5.42. The summed E-state index contributed by atoms with van der Waals surface area (Å²) >= 11 is 1.45. The first-order valence-electron chi connectivity index (χ1n) is 7.60. The average molecular weight is 369 g/mol. The molecule has 0 aliphatic heterocycles. The molecule has 2 rings (SSSR count). The van der Waals surface area contributed by atoms with Gasteiger partial charge >= 0.3 is 6.18 Å². The van der Waals surface area contributed by atoms with Gasteiger partial charge in [-0.05, 0) is 23.3 Å². The molecule has 2 aromatic rings. The lowest BCUT2D eigenvalue weighted by atomic mass is 10.1. The van der Waals surface area contributed by atoms with Crippen molar-refractivity contribution in [3.8, 4) is 0 Å². The van der Waals surface area contributed by atoms with Crippen LogP contribution in [0.2, 0.25) is 0 Å². The smallest absolute Gasteiger partial charge is 0.387 e. The van der Waals surface area contributed by atoms with E-state index in [-0.39, 0.29) is 18.2 Å². The third-order valence-corrected chi connectivity index (χ3v) is 4.46. The Kier molecular flexibility index (Phi) is 6.90. The van der Waals surface area contributed by atoms with E-state index in [1.165, 1.54) is 23.9 Å². The maximum absolute atomic E-state index is 12.5. The third-order valence-electron chi connectivity index (χ3n) is 3.46. The minimum absolute atomic E-state index is 0.0455. The molecule has 0 spiro atoms. The molecule has 0 aliphatic rings. The number of carbonyl (C=O) groups is 1. The summed E-state index contributed by atoms with van der Waals surface area (Å²) in [5.74, 6) is 0.719. The van der Waals surface area contributed by atoms with Crippen molar-refractivity contribution in [2.45, 2.75) is 18.0 Å². The monoisotopic (exact) mass is 369 g/mol. The number of amides is 1. The van der Waals surface area contributed by atoms with Crippen molar-refractivity contribution in [3.63, 3.8) is 0 Å². The maximum atomic E-state index is 12.5. The molecule has 25 heavy (non-hydrogen) atoms. The largest absolute Gasteiger partial charge is 0.416 e. The molecule has 0 saturated carbocycles. The van der Waals surface area contributed by atoms with Gasteiger partial charge in [-0.1, -0.05) is 42.5 Å². The fourth-order valence-corrected chi connectivity index (χ4v) is 2.93. The zero-order chi connectivity index (χ0) is 18.3. The molecule has 0 heterocycles. The van der Waals surface area contributed by atoms with E-state index in [0.717, 1.165) is 17.7 Å². The van der Waals surface area contributed by atoms with Gasteiger partial charge < -0.3 is 10.4 Å². The van der Waals surface area contributed by atoms with E-state index in [2.05, 4.69) is 5.32 Å². The van der Waals surface area contributed by atoms with Gasteiger partial charge in [0.25, 0.3) is 0 Å². The highest BCUT2D eigenvalue weighted by molar-refractivity contribution is 7.99. The van der Waals surface area contributed by atoms with Crippen molar-refractivity contribution in [1.29, 1.82) is 0 Å². The van der Waals surface area contributed by atoms with Gasteiger partial charge in [0.1, 0.15) is 0 Å². The van der Waals surface area contributed by atoms with Crippen LogP contribution in [-0.4, -0.2) is 23.3 Å². The summed E-state index contributed by atoms with van der Waals surface area (Å²) in [6.45, 7) is -0.0455. The summed E-state index contributed by atoms with van der Waals surface area (Å²) < 4.78 is 37.5. The second kappa shape index (κ2) is 8.92. The van der Waals surface area contributed by atoms with Crippen LogP contribution in [0.5, 0.6) is 0 Å². The van der Waals surface area contributed by atoms with E-state index in [9.17, 15) is 23.1 Å². The molecular weight excluding hydrogens is 351 g/mol. The molecule has 0 radical (unpaired) electrons. The minimum Gasteiger partial charge on any atom is -0.387 e. The van der Waals surface area contributed by atoms with Crippen LogP contribution in [-0.2, 0) is 16.7 Å². The average Bonchev–Trinajstić information content (AvgIpc) is 2.60. The van der Waals surface area contributed by atoms with E-state index in [1.54, 1.807) is 0 Å². The molecule has 134 valence electrons. The van der Waals surface area contributed by atoms with Crippen LogP contribution in [0.1, 0.15) is 22.8 Å².